The van der Waals surface area contributed by atoms with Crippen LogP contribution < -0.4 is 10.1 Å². The molecule has 0 radical (unpaired) electrons. The minimum absolute atomic E-state index is 0.00561. The van der Waals surface area contributed by atoms with Gasteiger partial charge in [0, 0.05) is 47.3 Å². The van der Waals surface area contributed by atoms with Crippen LogP contribution in [0.25, 0.3) is 0 Å². The number of nitrogens with one attached hydrogen (secondary N) is 1. The Kier molecular flexibility index (Phi) is 5.93. The number of nitriles is 1. The first kappa shape index (κ1) is 22.2. The quantitative estimate of drug-likeness (QED) is 0.761. The number of ether oxygens (including phenoxy) is 1. The van der Waals surface area contributed by atoms with E-state index >= 15 is 0 Å². The van der Waals surface area contributed by atoms with Crippen molar-refractivity contribution in [1.29, 1.82) is 5.26 Å². The Balaban J connectivity index is 1.80. The fraction of sp³-hybridized carbons (Fsp3) is 0.391. The van der Waals surface area contributed by atoms with Crippen LogP contribution in [0.5, 0.6) is 11.5 Å². The summed E-state index contributed by atoms with van der Waals surface area (Å²) < 4.78 is 37.1. The van der Waals surface area contributed by atoms with Gasteiger partial charge in [0.25, 0.3) is 0 Å². The summed E-state index contributed by atoms with van der Waals surface area (Å²) in [6.45, 7) is 1.23. The van der Waals surface area contributed by atoms with Crippen molar-refractivity contribution < 1.29 is 18.1 Å². The molecule has 0 bridgehead atoms. The molecule has 2 aromatic carbocycles. The molecule has 2 saturated heterocycles. The van der Waals surface area contributed by atoms with Gasteiger partial charge in [-0.3, -0.25) is 4.79 Å². The van der Waals surface area contributed by atoms with Crippen LogP contribution in [-0.2, 0) is 14.5 Å². The normalized spacial score (nSPS) is 22.9. The minimum atomic E-state index is -2.38. The lowest BCUT2D eigenvalue weighted by molar-refractivity contribution is -0.136. The number of carbonyl (C=O) groups is 1. The number of likely N-dealkylation sites (N-methyl/N-ethyl adjacent to an activating group) is 1. The van der Waals surface area contributed by atoms with E-state index in [1.165, 1.54) is 12.1 Å². The van der Waals surface area contributed by atoms with Crippen molar-refractivity contribution in [3.05, 3.63) is 53.3 Å². The summed E-state index contributed by atoms with van der Waals surface area (Å²) in [5.74, 6) is -0.111. The predicted molar refractivity (Wildman–Crippen MR) is 120 cm³/mol. The van der Waals surface area contributed by atoms with Crippen LogP contribution in [0.3, 0.4) is 0 Å². The second kappa shape index (κ2) is 8.52. The zero-order valence-corrected chi connectivity index (χ0v) is 19.0. The number of piperidine rings is 1. The summed E-state index contributed by atoms with van der Waals surface area (Å²) in [5, 5.41) is 12.3. The van der Waals surface area contributed by atoms with Crippen LogP contribution in [0.4, 0.5) is 10.1 Å². The first-order valence-corrected chi connectivity index (χ1v) is 12.7. The van der Waals surface area contributed by atoms with E-state index < -0.39 is 15.5 Å². The number of benzene rings is 2. The van der Waals surface area contributed by atoms with Crippen molar-refractivity contribution in [3.63, 3.8) is 0 Å². The minimum Gasteiger partial charge on any atom is -0.454 e. The van der Waals surface area contributed by atoms with Gasteiger partial charge in [0.1, 0.15) is 5.75 Å². The van der Waals surface area contributed by atoms with Gasteiger partial charge in [-0.25, -0.2) is 8.60 Å². The Hall–Kier alpha value is -2.96. The van der Waals surface area contributed by atoms with Gasteiger partial charge in [-0.2, -0.15) is 9.62 Å². The highest BCUT2D eigenvalue weighted by Gasteiger charge is 2.45. The number of halogens is 1. The second-order valence-electron chi connectivity index (χ2n) is 8.56. The molecular formula is C23H25FN4O3S. The highest BCUT2D eigenvalue weighted by atomic mass is 32.2. The Labute approximate surface area is 187 Å². The Morgan fingerprint density at radius 3 is 2.69 bits per heavy atom. The molecule has 3 atom stereocenters. The van der Waals surface area contributed by atoms with Crippen molar-refractivity contribution in [2.75, 3.05) is 32.6 Å². The molecule has 2 heterocycles. The molecule has 0 aromatic heterocycles. The summed E-state index contributed by atoms with van der Waals surface area (Å²) in [4.78, 5) is 14.3. The Morgan fingerprint density at radius 2 is 2.00 bits per heavy atom. The first-order chi connectivity index (χ1) is 15.2. The summed E-state index contributed by atoms with van der Waals surface area (Å²) >= 11 is 0. The molecule has 2 fully saturated rings. The molecule has 3 unspecified atom stereocenters. The van der Waals surface area contributed by atoms with E-state index in [0.717, 1.165) is 24.6 Å². The third kappa shape index (κ3) is 4.47. The lowest BCUT2D eigenvalue weighted by atomic mass is 9.77. The molecule has 32 heavy (non-hydrogen) atoms. The van der Waals surface area contributed by atoms with E-state index in [2.05, 4.69) is 9.68 Å². The predicted octanol–water partition coefficient (Wildman–Crippen LogP) is 3.38. The highest BCUT2D eigenvalue weighted by Crippen LogP contribution is 2.43. The number of carbonyl (C=O) groups excluding carboxylic acids is 1. The number of hydrogen-bond acceptors (Lipinski definition) is 6. The first-order valence-electron chi connectivity index (χ1n) is 10.3. The van der Waals surface area contributed by atoms with Gasteiger partial charge in [-0.05, 0) is 55.3 Å². The van der Waals surface area contributed by atoms with Gasteiger partial charge < -0.3 is 15.0 Å². The number of likely N-dealkylation sites (tertiary alicyclic amines) is 1. The van der Waals surface area contributed by atoms with E-state index in [0.29, 0.717) is 18.0 Å². The Morgan fingerprint density at radius 1 is 1.25 bits per heavy atom. The molecule has 0 aliphatic carbocycles. The van der Waals surface area contributed by atoms with Crippen LogP contribution in [0, 0.1) is 23.1 Å². The molecule has 7 nitrogen and oxygen atoms in total. The molecule has 1 N–H and O–H groups in total. The van der Waals surface area contributed by atoms with Crippen LogP contribution in [0.15, 0.2) is 40.8 Å². The van der Waals surface area contributed by atoms with Gasteiger partial charge in [-0.1, -0.05) is 0 Å². The van der Waals surface area contributed by atoms with E-state index in [9.17, 15) is 13.4 Å². The third-order valence-electron chi connectivity index (χ3n) is 5.90. The SMILES string of the molecule is CN1CC(c2cc(N=S(C)(C)=O)ccc2Oc2ccc(C#N)cc2F)C2CCNC2C1=O. The van der Waals surface area contributed by atoms with Crippen molar-refractivity contribution in [2.45, 2.75) is 18.4 Å². The standard InChI is InChI=1S/C23H25FN4O3S/c1-28-13-18(16-8-9-26-22(16)23(28)29)17-11-15(27-32(2,3)30)5-7-20(17)31-21-6-4-14(12-25)10-19(21)24/h4-7,10-11,16,18,22,26H,8-9,13H2,1-3H3. The number of nitrogens with zero attached hydrogens (tertiary/aromatic N) is 3. The van der Waals surface area contributed by atoms with Crippen molar-refractivity contribution in [1.82, 2.24) is 10.2 Å². The van der Waals surface area contributed by atoms with Gasteiger partial charge in [-0.15, -0.1) is 0 Å². The maximum absolute atomic E-state index is 14.5. The third-order valence-corrected chi connectivity index (χ3v) is 6.55. The lowest BCUT2D eigenvalue weighted by Gasteiger charge is -2.39. The maximum atomic E-state index is 14.5. The van der Waals surface area contributed by atoms with Gasteiger partial charge in [0.2, 0.25) is 5.91 Å². The van der Waals surface area contributed by atoms with Crippen LogP contribution in [-0.4, -0.2) is 53.7 Å². The van der Waals surface area contributed by atoms with Gasteiger partial charge in [0.15, 0.2) is 11.6 Å². The zero-order valence-electron chi connectivity index (χ0n) is 18.2. The molecule has 168 valence electrons. The fourth-order valence-electron chi connectivity index (χ4n) is 4.52. The maximum Gasteiger partial charge on any atom is 0.239 e. The number of amides is 1. The topological polar surface area (TPSA) is 94.8 Å². The van der Waals surface area contributed by atoms with Gasteiger partial charge >= 0.3 is 0 Å². The van der Waals surface area contributed by atoms with E-state index in [-0.39, 0.29) is 35.1 Å². The summed E-state index contributed by atoms with van der Waals surface area (Å²) in [6.07, 6.45) is 3.96. The number of rotatable bonds is 4. The molecule has 2 aliphatic heterocycles. The molecule has 2 aliphatic rings. The molecular weight excluding hydrogens is 431 g/mol. The smallest absolute Gasteiger partial charge is 0.239 e. The summed E-state index contributed by atoms with van der Waals surface area (Å²) in [6, 6.07) is 10.9. The zero-order chi connectivity index (χ0) is 23.0. The highest BCUT2D eigenvalue weighted by molar-refractivity contribution is 7.92. The van der Waals surface area contributed by atoms with Crippen LogP contribution in [0.1, 0.15) is 23.5 Å². The summed E-state index contributed by atoms with van der Waals surface area (Å²) in [5.41, 5.74) is 1.54. The molecule has 1 amide bonds. The molecule has 9 heteroatoms. The molecule has 0 saturated carbocycles. The largest absolute Gasteiger partial charge is 0.454 e. The Bertz CT molecular complexity index is 1220. The average molecular weight is 457 g/mol. The monoisotopic (exact) mass is 456 g/mol. The number of hydrogen-bond donors (Lipinski definition) is 1. The van der Waals surface area contributed by atoms with Crippen molar-refractivity contribution in [2.24, 2.45) is 10.3 Å². The summed E-state index contributed by atoms with van der Waals surface area (Å²) in [7, 11) is -0.612. The van der Waals surface area contributed by atoms with E-state index in [1.54, 1.807) is 36.6 Å². The van der Waals surface area contributed by atoms with E-state index in [4.69, 9.17) is 10.00 Å². The molecule has 2 aromatic rings. The van der Waals surface area contributed by atoms with Crippen molar-refractivity contribution >= 4 is 21.3 Å². The number of fused-ring (bicyclic) bond motifs is 1. The second-order valence-corrected chi connectivity index (χ2v) is 11.1. The van der Waals surface area contributed by atoms with Gasteiger partial charge in [0.05, 0.1) is 23.4 Å². The van der Waals surface area contributed by atoms with Crippen molar-refractivity contribution in [3.8, 4) is 17.6 Å². The lowest BCUT2D eigenvalue weighted by Crippen LogP contribution is -2.52. The molecule has 4 rings (SSSR count). The van der Waals surface area contributed by atoms with Crippen LogP contribution in [0.2, 0.25) is 0 Å². The van der Waals surface area contributed by atoms with E-state index in [1.807, 2.05) is 12.1 Å². The molecule has 0 spiro atoms. The van der Waals surface area contributed by atoms with Crippen LogP contribution >= 0.6 is 0 Å². The average Bonchev–Trinajstić information content (AvgIpc) is 3.22. The fourth-order valence-corrected chi connectivity index (χ4v) is 5.14.